The lowest BCUT2D eigenvalue weighted by Gasteiger charge is -2.36. The number of nitrogens with zero attached hydrogens (tertiary/aromatic N) is 2. The molecule has 0 spiro atoms. The smallest absolute Gasteiger partial charge is 0.237 e. The van der Waals surface area contributed by atoms with E-state index in [1.54, 1.807) is 0 Å². The van der Waals surface area contributed by atoms with Crippen LogP contribution >= 0.6 is 0 Å². The number of hydrogen-bond acceptors (Lipinski definition) is 4. The van der Waals surface area contributed by atoms with Gasteiger partial charge in [-0.2, -0.15) is 0 Å². The van der Waals surface area contributed by atoms with Gasteiger partial charge in [0, 0.05) is 31.0 Å². The molecule has 0 saturated carbocycles. The minimum Gasteiger partial charge on any atom is -0.411 e. The number of oxime groups is 1. The number of rotatable bonds is 2. The van der Waals surface area contributed by atoms with E-state index in [9.17, 15) is 4.79 Å². The predicted octanol–water partition coefficient (Wildman–Crippen LogP) is 1.46. The van der Waals surface area contributed by atoms with E-state index in [-0.39, 0.29) is 23.4 Å². The number of carbonyl (C=O) groups excluding carboxylic acids is 1. The van der Waals surface area contributed by atoms with Crippen LogP contribution in [0.4, 0.5) is 0 Å². The Bertz CT molecular complexity index is 334. The van der Waals surface area contributed by atoms with Crippen LogP contribution in [0.25, 0.3) is 0 Å². The van der Waals surface area contributed by atoms with Gasteiger partial charge in [0.1, 0.15) is 0 Å². The van der Waals surface area contributed by atoms with E-state index in [4.69, 9.17) is 5.21 Å². The second-order valence-electron chi connectivity index (χ2n) is 6.15. The highest BCUT2D eigenvalue weighted by atomic mass is 16.4. The molecule has 0 aliphatic carbocycles. The Hall–Kier alpha value is -1.10. The van der Waals surface area contributed by atoms with Gasteiger partial charge in [0.2, 0.25) is 5.91 Å². The Morgan fingerprint density at radius 1 is 1.56 bits per heavy atom. The van der Waals surface area contributed by atoms with Gasteiger partial charge in [0.15, 0.2) is 0 Å². The van der Waals surface area contributed by atoms with E-state index in [2.05, 4.69) is 15.4 Å². The van der Waals surface area contributed by atoms with Crippen molar-refractivity contribution in [1.29, 1.82) is 0 Å². The summed E-state index contributed by atoms with van der Waals surface area (Å²) in [4.78, 5) is 14.2. The average Bonchev–Trinajstić information content (AvgIpc) is 2.25. The summed E-state index contributed by atoms with van der Waals surface area (Å²) in [6, 6.07) is -0.146. The third-order valence-electron chi connectivity index (χ3n) is 3.29. The summed E-state index contributed by atoms with van der Waals surface area (Å²) in [7, 11) is 0. The number of likely N-dealkylation sites (tertiary alicyclic amines) is 1. The van der Waals surface area contributed by atoms with Crippen molar-refractivity contribution in [2.24, 2.45) is 11.1 Å². The van der Waals surface area contributed by atoms with Crippen LogP contribution in [0, 0.1) is 5.92 Å². The molecule has 104 valence electrons. The molecule has 1 amide bonds. The highest BCUT2D eigenvalue weighted by Crippen LogP contribution is 2.16. The fourth-order valence-electron chi connectivity index (χ4n) is 2.19. The fraction of sp³-hybridized carbons (Fsp3) is 0.846. The maximum absolute atomic E-state index is 12.1. The second-order valence-corrected chi connectivity index (χ2v) is 6.15. The van der Waals surface area contributed by atoms with E-state index < -0.39 is 0 Å². The van der Waals surface area contributed by atoms with Gasteiger partial charge in [-0.3, -0.25) is 9.69 Å². The fourth-order valence-corrected chi connectivity index (χ4v) is 2.19. The van der Waals surface area contributed by atoms with Gasteiger partial charge in [-0.1, -0.05) is 12.1 Å². The summed E-state index contributed by atoms with van der Waals surface area (Å²) in [5.41, 5.74) is 0.625. The highest BCUT2D eigenvalue weighted by molar-refractivity contribution is 5.87. The van der Waals surface area contributed by atoms with Gasteiger partial charge in [0.25, 0.3) is 0 Å². The molecular weight excluding hydrogens is 230 g/mol. The summed E-state index contributed by atoms with van der Waals surface area (Å²) in [5.74, 6) is 0.257. The van der Waals surface area contributed by atoms with Crippen molar-refractivity contribution < 1.29 is 10.0 Å². The number of piperidine rings is 1. The summed E-state index contributed by atoms with van der Waals surface area (Å²) >= 11 is 0. The van der Waals surface area contributed by atoms with Gasteiger partial charge in [0.05, 0.1) is 11.8 Å². The first-order chi connectivity index (χ1) is 8.24. The molecule has 0 aromatic carbocycles. The SMILES string of the molecule is CC1CN(C(C)C(=O)NC(C)(C)C)CCC1=NO. The number of amides is 1. The molecule has 0 aromatic rings. The molecule has 2 unspecified atom stereocenters. The molecule has 1 saturated heterocycles. The first kappa shape index (κ1) is 15.0. The van der Waals surface area contributed by atoms with E-state index >= 15 is 0 Å². The van der Waals surface area contributed by atoms with Crippen molar-refractivity contribution in [1.82, 2.24) is 10.2 Å². The number of nitrogens with one attached hydrogen (secondary N) is 1. The van der Waals surface area contributed by atoms with Crippen LogP contribution in [-0.2, 0) is 4.79 Å². The molecule has 5 heteroatoms. The molecule has 1 aliphatic rings. The average molecular weight is 255 g/mol. The third kappa shape index (κ3) is 3.98. The van der Waals surface area contributed by atoms with Crippen LogP contribution in [0.1, 0.15) is 41.0 Å². The molecule has 2 N–H and O–H groups in total. The van der Waals surface area contributed by atoms with E-state index in [1.807, 2.05) is 34.6 Å². The van der Waals surface area contributed by atoms with Crippen molar-refractivity contribution in [3.8, 4) is 0 Å². The molecule has 18 heavy (non-hydrogen) atoms. The first-order valence-corrected chi connectivity index (χ1v) is 6.51. The van der Waals surface area contributed by atoms with E-state index in [0.29, 0.717) is 0 Å². The lowest BCUT2D eigenvalue weighted by molar-refractivity contribution is -0.127. The Kier molecular flexibility index (Phi) is 4.73. The Morgan fingerprint density at radius 2 is 2.17 bits per heavy atom. The maximum Gasteiger partial charge on any atom is 0.237 e. The summed E-state index contributed by atoms with van der Waals surface area (Å²) in [6.45, 7) is 11.4. The number of carbonyl (C=O) groups is 1. The summed E-state index contributed by atoms with van der Waals surface area (Å²) in [5, 5.41) is 15.2. The zero-order chi connectivity index (χ0) is 13.9. The predicted molar refractivity (Wildman–Crippen MR) is 71.9 cm³/mol. The van der Waals surface area contributed by atoms with E-state index in [0.717, 1.165) is 25.2 Å². The van der Waals surface area contributed by atoms with Crippen molar-refractivity contribution in [2.45, 2.75) is 52.6 Å². The molecule has 5 nitrogen and oxygen atoms in total. The van der Waals surface area contributed by atoms with Crippen LogP contribution in [-0.4, -0.2) is 46.4 Å². The van der Waals surface area contributed by atoms with Crippen LogP contribution in [0.3, 0.4) is 0 Å². The standard InChI is InChI=1S/C13H25N3O2/c1-9-8-16(7-6-11(9)15-18)10(2)12(17)14-13(3,4)5/h9-10,18H,6-8H2,1-5H3,(H,14,17). The van der Waals surface area contributed by atoms with Crippen molar-refractivity contribution in [3.63, 3.8) is 0 Å². The maximum atomic E-state index is 12.1. The largest absolute Gasteiger partial charge is 0.411 e. The van der Waals surface area contributed by atoms with Crippen molar-refractivity contribution in [2.75, 3.05) is 13.1 Å². The molecule has 1 rings (SSSR count). The van der Waals surface area contributed by atoms with Crippen LogP contribution < -0.4 is 5.32 Å². The van der Waals surface area contributed by atoms with Gasteiger partial charge in [-0.15, -0.1) is 0 Å². The summed E-state index contributed by atoms with van der Waals surface area (Å²) < 4.78 is 0. The minimum absolute atomic E-state index is 0.0547. The molecule has 0 bridgehead atoms. The molecule has 1 fully saturated rings. The highest BCUT2D eigenvalue weighted by Gasteiger charge is 2.30. The zero-order valence-electron chi connectivity index (χ0n) is 12.0. The molecule has 0 radical (unpaired) electrons. The molecule has 2 atom stereocenters. The quantitative estimate of drug-likeness (QED) is 0.580. The monoisotopic (exact) mass is 255 g/mol. The van der Waals surface area contributed by atoms with Crippen LogP contribution in [0.5, 0.6) is 0 Å². The Morgan fingerprint density at radius 3 is 2.61 bits per heavy atom. The lowest BCUT2D eigenvalue weighted by Crippen LogP contribution is -2.54. The molecular formula is C13H25N3O2. The minimum atomic E-state index is -0.204. The molecule has 1 aliphatic heterocycles. The normalized spacial score (nSPS) is 26.1. The second kappa shape index (κ2) is 5.69. The van der Waals surface area contributed by atoms with Crippen LogP contribution in [0.15, 0.2) is 5.16 Å². The Labute approximate surface area is 109 Å². The van der Waals surface area contributed by atoms with Gasteiger partial charge in [-0.05, 0) is 27.7 Å². The lowest BCUT2D eigenvalue weighted by atomic mass is 9.96. The third-order valence-corrected chi connectivity index (χ3v) is 3.29. The van der Waals surface area contributed by atoms with E-state index in [1.165, 1.54) is 0 Å². The van der Waals surface area contributed by atoms with Crippen molar-refractivity contribution >= 4 is 11.6 Å². The Balaban J connectivity index is 2.58. The van der Waals surface area contributed by atoms with Gasteiger partial charge < -0.3 is 10.5 Å². The molecule has 1 heterocycles. The van der Waals surface area contributed by atoms with Gasteiger partial charge in [-0.25, -0.2) is 0 Å². The first-order valence-electron chi connectivity index (χ1n) is 6.51. The topological polar surface area (TPSA) is 64.9 Å². The number of hydrogen-bond donors (Lipinski definition) is 2. The van der Waals surface area contributed by atoms with Gasteiger partial charge >= 0.3 is 0 Å². The summed E-state index contributed by atoms with van der Waals surface area (Å²) in [6.07, 6.45) is 0.727. The van der Waals surface area contributed by atoms with Crippen LogP contribution in [0.2, 0.25) is 0 Å². The molecule has 0 aromatic heterocycles. The zero-order valence-corrected chi connectivity index (χ0v) is 12.0. The van der Waals surface area contributed by atoms with Crippen molar-refractivity contribution in [3.05, 3.63) is 0 Å².